The molecule has 0 saturated heterocycles. The van der Waals surface area contributed by atoms with Gasteiger partial charge in [0.25, 0.3) is 0 Å². The van der Waals surface area contributed by atoms with Crippen LogP contribution in [-0.2, 0) is 0 Å². The Kier molecular flexibility index (Phi) is 4.15. The highest BCUT2D eigenvalue weighted by Gasteiger charge is 2.25. The summed E-state index contributed by atoms with van der Waals surface area (Å²) in [6.45, 7) is 0. The van der Waals surface area contributed by atoms with Crippen molar-refractivity contribution >= 4 is 23.4 Å². The van der Waals surface area contributed by atoms with Crippen molar-refractivity contribution in [3.63, 3.8) is 0 Å². The molecule has 3 heteroatoms. The Labute approximate surface area is 106 Å². The van der Waals surface area contributed by atoms with Crippen LogP contribution in [0.1, 0.15) is 25.7 Å². The van der Waals surface area contributed by atoms with E-state index in [0.717, 1.165) is 9.92 Å². The molecule has 1 fully saturated rings. The SMILES string of the molecule is N#CC(Sc1cccc(Cl)c1)C1CCCC1. The second-order valence-corrected chi connectivity index (χ2v) is 5.82. The molecule has 0 heterocycles. The highest BCUT2D eigenvalue weighted by atomic mass is 35.5. The van der Waals surface area contributed by atoms with E-state index in [1.54, 1.807) is 11.8 Å². The van der Waals surface area contributed by atoms with Crippen LogP contribution in [0.3, 0.4) is 0 Å². The maximum absolute atomic E-state index is 9.21. The normalized spacial score (nSPS) is 18.2. The van der Waals surface area contributed by atoms with Gasteiger partial charge in [-0.1, -0.05) is 30.5 Å². The van der Waals surface area contributed by atoms with Crippen LogP contribution in [0, 0.1) is 17.2 Å². The lowest BCUT2D eigenvalue weighted by molar-refractivity contribution is 0.575. The third kappa shape index (κ3) is 2.93. The number of hydrogen-bond acceptors (Lipinski definition) is 2. The molecule has 1 atom stereocenters. The maximum Gasteiger partial charge on any atom is 0.0991 e. The molecule has 0 bridgehead atoms. The molecule has 0 radical (unpaired) electrons. The zero-order chi connectivity index (χ0) is 11.4. The van der Waals surface area contributed by atoms with Crippen LogP contribution in [0.15, 0.2) is 29.2 Å². The van der Waals surface area contributed by atoms with Gasteiger partial charge in [-0.2, -0.15) is 5.26 Å². The second-order valence-electron chi connectivity index (χ2n) is 4.17. The average molecular weight is 252 g/mol. The predicted octanol–water partition coefficient (Wildman–Crippen LogP) is 4.51. The molecular formula is C13H14ClNS. The number of nitriles is 1. The molecule has 1 saturated carbocycles. The maximum atomic E-state index is 9.21. The molecule has 1 nitrogen and oxygen atoms in total. The molecule has 1 aliphatic carbocycles. The first-order valence-electron chi connectivity index (χ1n) is 5.61. The van der Waals surface area contributed by atoms with E-state index >= 15 is 0 Å². The highest BCUT2D eigenvalue weighted by Crippen LogP contribution is 2.37. The van der Waals surface area contributed by atoms with Crippen LogP contribution in [0.25, 0.3) is 0 Å². The Morgan fingerprint density at radius 2 is 2.12 bits per heavy atom. The summed E-state index contributed by atoms with van der Waals surface area (Å²) in [5.41, 5.74) is 0. The summed E-state index contributed by atoms with van der Waals surface area (Å²) in [7, 11) is 0. The molecule has 1 unspecified atom stereocenters. The summed E-state index contributed by atoms with van der Waals surface area (Å²) in [6, 6.07) is 10.2. The van der Waals surface area contributed by atoms with E-state index in [1.165, 1.54) is 25.7 Å². The number of halogens is 1. The van der Waals surface area contributed by atoms with Gasteiger partial charge in [-0.05, 0) is 37.0 Å². The van der Waals surface area contributed by atoms with Crippen LogP contribution in [-0.4, -0.2) is 5.25 Å². The van der Waals surface area contributed by atoms with Crippen LogP contribution in [0.5, 0.6) is 0 Å². The smallest absolute Gasteiger partial charge is 0.0991 e. The van der Waals surface area contributed by atoms with Gasteiger partial charge in [0, 0.05) is 9.92 Å². The van der Waals surface area contributed by atoms with Gasteiger partial charge < -0.3 is 0 Å². The fourth-order valence-electron chi connectivity index (χ4n) is 2.18. The monoisotopic (exact) mass is 251 g/mol. The molecule has 16 heavy (non-hydrogen) atoms. The molecule has 1 aliphatic rings. The summed E-state index contributed by atoms with van der Waals surface area (Å²) in [4.78, 5) is 1.10. The Morgan fingerprint density at radius 3 is 2.75 bits per heavy atom. The third-order valence-corrected chi connectivity index (χ3v) is 4.52. The molecule has 2 rings (SSSR count). The van der Waals surface area contributed by atoms with Gasteiger partial charge in [0.15, 0.2) is 0 Å². The fraction of sp³-hybridized carbons (Fsp3) is 0.462. The zero-order valence-corrected chi connectivity index (χ0v) is 10.6. The number of nitrogens with zero attached hydrogens (tertiary/aromatic N) is 1. The van der Waals surface area contributed by atoms with Crippen LogP contribution < -0.4 is 0 Å². The highest BCUT2D eigenvalue weighted by molar-refractivity contribution is 8.00. The first kappa shape index (κ1) is 11.8. The van der Waals surface area contributed by atoms with E-state index in [4.69, 9.17) is 11.6 Å². The Balaban J connectivity index is 2.04. The summed E-state index contributed by atoms with van der Waals surface area (Å²) in [6.07, 6.45) is 4.95. The number of thioether (sulfide) groups is 1. The van der Waals surface area contributed by atoms with Crippen molar-refractivity contribution in [3.8, 4) is 6.07 Å². The number of rotatable bonds is 3. The van der Waals surface area contributed by atoms with E-state index in [0.29, 0.717) is 5.92 Å². The van der Waals surface area contributed by atoms with Gasteiger partial charge in [0.2, 0.25) is 0 Å². The van der Waals surface area contributed by atoms with E-state index in [9.17, 15) is 5.26 Å². The van der Waals surface area contributed by atoms with E-state index in [1.807, 2.05) is 24.3 Å². The quantitative estimate of drug-likeness (QED) is 0.738. The summed E-state index contributed by atoms with van der Waals surface area (Å²) < 4.78 is 0. The van der Waals surface area contributed by atoms with Gasteiger partial charge in [0.05, 0.1) is 11.3 Å². The minimum atomic E-state index is 0.0842. The van der Waals surface area contributed by atoms with Gasteiger partial charge in [-0.15, -0.1) is 11.8 Å². The van der Waals surface area contributed by atoms with Gasteiger partial charge in [0.1, 0.15) is 0 Å². The number of hydrogen-bond donors (Lipinski definition) is 0. The lowest BCUT2D eigenvalue weighted by atomic mass is 10.1. The Hall–Kier alpha value is -0.650. The fourth-order valence-corrected chi connectivity index (χ4v) is 3.59. The number of benzene rings is 1. The van der Waals surface area contributed by atoms with Gasteiger partial charge in [-0.3, -0.25) is 0 Å². The third-order valence-electron chi connectivity index (χ3n) is 3.01. The molecule has 0 aliphatic heterocycles. The van der Waals surface area contributed by atoms with E-state index in [2.05, 4.69) is 6.07 Å². The predicted molar refractivity (Wildman–Crippen MR) is 68.7 cm³/mol. The van der Waals surface area contributed by atoms with Crippen molar-refractivity contribution in [3.05, 3.63) is 29.3 Å². The van der Waals surface area contributed by atoms with Crippen molar-refractivity contribution in [2.45, 2.75) is 35.8 Å². The van der Waals surface area contributed by atoms with Crippen molar-refractivity contribution in [1.29, 1.82) is 5.26 Å². The van der Waals surface area contributed by atoms with Crippen LogP contribution in [0.4, 0.5) is 0 Å². The molecule has 0 N–H and O–H groups in total. The summed E-state index contributed by atoms with van der Waals surface area (Å²) in [5, 5.41) is 10.0. The summed E-state index contributed by atoms with van der Waals surface area (Å²) in [5.74, 6) is 0.564. The van der Waals surface area contributed by atoms with Crippen LogP contribution in [0.2, 0.25) is 5.02 Å². The van der Waals surface area contributed by atoms with Crippen molar-refractivity contribution in [2.24, 2.45) is 5.92 Å². The van der Waals surface area contributed by atoms with E-state index < -0.39 is 0 Å². The Morgan fingerprint density at radius 1 is 1.38 bits per heavy atom. The molecule has 1 aromatic rings. The largest absolute Gasteiger partial charge is 0.197 e. The molecule has 0 aromatic heterocycles. The van der Waals surface area contributed by atoms with Crippen molar-refractivity contribution in [2.75, 3.05) is 0 Å². The standard InChI is InChI=1S/C13H14ClNS/c14-11-6-3-7-12(8-11)16-13(9-15)10-4-1-2-5-10/h3,6-8,10,13H,1-2,4-5H2. The van der Waals surface area contributed by atoms with Crippen LogP contribution >= 0.6 is 23.4 Å². The lowest BCUT2D eigenvalue weighted by Gasteiger charge is -2.15. The van der Waals surface area contributed by atoms with Crippen molar-refractivity contribution < 1.29 is 0 Å². The van der Waals surface area contributed by atoms with Gasteiger partial charge >= 0.3 is 0 Å². The first-order valence-corrected chi connectivity index (χ1v) is 6.87. The molecule has 84 valence electrons. The molecule has 0 spiro atoms. The Bertz CT molecular complexity index is 393. The van der Waals surface area contributed by atoms with Gasteiger partial charge in [-0.25, -0.2) is 0 Å². The second kappa shape index (κ2) is 5.61. The minimum Gasteiger partial charge on any atom is -0.197 e. The minimum absolute atomic E-state index is 0.0842. The average Bonchev–Trinajstić information content (AvgIpc) is 2.79. The lowest BCUT2D eigenvalue weighted by Crippen LogP contribution is -2.11. The topological polar surface area (TPSA) is 23.8 Å². The van der Waals surface area contributed by atoms with Crippen molar-refractivity contribution in [1.82, 2.24) is 0 Å². The van der Waals surface area contributed by atoms with E-state index in [-0.39, 0.29) is 5.25 Å². The summed E-state index contributed by atoms with van der Waals surface area (Å²) >= 11 is 7.59. The molecule has 0 amide bonds. The molecule has 1 aromatic carbocycles. The zero-order valence-electron chi connectivity index (χ0n) is 9.03. The first-order chi connectivity index (χ1) is 7.79. The molecular weight excluding hydrogens is 238 g/mol.